The van der Waals surface area contributed by atoms with E-state index in [1.165, 1.54) is 0 Å². The van der Waals surface area contributed by atoms with Crippen LogP contribution in [0, 0.1) is 0 Å². The highest BCUT2D eigenvalue weighted by Gasteiger charge is 2.23. The molecule has 2 rings (SSSR count). The van der Waals surface area contributed by atoms with Crippen molar-refractivity contribution < 1.29 is 14.3 Å². The highest BCUT2D eigenvalue weighted by atomic mass is 16.5. The van der Waals surface area contributed by atoms with Gasteiger partial charge in [0.1, 0.15) is 6.04 Å². The molecule has 0 aliphatic rings. The van der Waals surface area contributed by atoms with Crippen LogP contribution in [-0.2, 0) is 16.0 Å². The zero-order valence-corrected chi connectivity index (χ0v) is 13.0. The second-order valence-corrected chi connectivity index (χ2v) is 5.09. The molecule has 120 valence electrons. The quantitative estimate of drug-likeness (QED) is 0.633. The summed E-state index contributed by atoms with van der Waals surface area (Å²) in [5.41, 5.74) is 7.53. The standard InChI is InChI=1S/C18H20N2O3/c1-2-23-18(22)16(11-13-7-4-3-5-8-13)20-17(21)14-9-6-10-15(19)12-14/h3-10,12,16H,2,11,19H2,1H3,(H,20,21)/t16-/m0/s1. The number of benzene rings is 2. The van der Waals surface area contributed by atoms with Gasteiger partial charge in [-0.05, 0) is 30.7 Å². The molecule has 1 atom stereocenters. The summed E-state index contributed by atoms with van der Waals surface area (Å²) in [7, 11) is 0. The predicted octanol–water partition coefficient (Wildman–Crippen LogP) is 2.17. The predicted molar refractivity (Wildman–Crippen MR) is 88.9 cm³/mol. The topological polar surface area (TPSA) is 81.4 Å². The monoisotopic (exact) mass is 312 g/mol. The molecule has 2 aromatic rings. The molecule has 0 saturated heterocycles. The number of hydrogen-bond donors (Lipinski definition) is 2. The van der Waals surface area contributed by atoms with Gasteiger partial charge in [-0.1, -0.05) is 36.4 Å². The molecule has 0 heterocycles. The Hall–Kier alpha value is -2.82. The van der Waals surface area contributed by atoms with Crippen molar-refractivity contribution in [3.05, 3.63) is 65.7 Å². The van der Waals surface area contributed by atoms with Crippen molar-refractivity contribution in [2.45, 2.75) is 19.4 Å². The molecule has 0 bridgehead atoms. The fourth-order valence-electron chi connectivity index (χ4n) is 2.21. The van der Waals surface area contributed by atoms with Gasteiger partial charge in [-0.3, -0.25) is 4.79 Å². The Morgan fingerprint density at radius 1 is 1.13 bits per heavy atom. The van der Waals surface area contributed by atoms with Crippen molar-refractivity contribution in [1.82, 2.24) is 5.32 Å². The molecule has 0 aromatic heterocycles. The Bertz CT molecular complexity index is 671. The van der Waals surface area contributed by atoms with E-state index in [9.17, 15) is 9.59 Å². The number of esters is 1. The fourth-order valence-corrected chi connectivity index (χ4v) is 2.21. The Morgan fingerprint density at radius 3 is 2.52 bits per heavy atom. The zero-order chi connectivity index (χ0) is 16.7. The summed E-state index contributed by atoms with van der Waals surface area (Å²) in [6.07, 6.45) is 0.369. The van der Waals surface area contributed by atoms with Gasteiger partial charge in [-0.2, -0.15) is 0 Å². The lowest BCUT2D eigenvalue weighted by Crippen LogP contribution is -2.43. The Balaban J connectivity index is 2.13. The molecule has 0 fully saturated rings. The van der Waals surface area contributed by atoms with Crippen molar-refractivity contribution in [2.75, 3.05) is 12.3 Å². The molecule has 1 amide bonds. The highest BCUT2D eigenvalue weighted by molar-refractivity contribution is 5.97. The van der Waals surface area contributed by atoms with E-state index >= 15 is 0 Å². The van der Waals surface area contributed by atoms with Gasteiger partial charge in [0.25, 0.3) is 5.91 Å². The third-order valence-corrected chi connectivity index (χ3v) is 3.31. The van der Waals surface area contributed by atoms with Crippen LogP contribution < -0.4 is 11.1 Å². The van der Waals surface area contributed by atoms with E-state index in [-0.39, 0.29) is 12.5 Å². The Kier molecular flexibility index (Phi) is 5.74. The van der Waals surface area contributed by atoms with Gasteiger partial charge >= 0.3 is 5.97 Å². The molecule has 0 saturated carbocycles. The first kappa shape index (κ1) is 16.5. The highest BCUT2D eigenvalue weighted by Crippen LogP contribution is 2.09. The normalized spacial score (nSPS) is 11.5. The lowest BCUT2D eigenvalue weighted by molar-refractivity contribution is -0.145. The van der Waals surface area contributed by atoms with E-state index in [0.717, 1.165) is 5.56 Å². The Labute approximate surface area is 135 Å². The molecular formula is C18H20N2O3. The third-order valence-electron chi connectivity index (χ3n) is 3.31. The number of hydrogen-bond acceptors (Lipinski definition) is 4. The molecule has 5 nitrogen and oxygen atoms in total. The summed E-state index contributed by atoms with van der Waals surface area (Å²) >= 11 is 0. The van der Waals surface area contributed by atoms with Crippen LogP contribution in [0.25, 0.3) is 0 Å². The number of carbonyl (C=O) groups excluding carboxylic acids is 2. The largest absolute Gasteiger partial charge is 0.464 e. The van der Waals surface area contributed by atoms with Gasteiger partial charge in [-0.25, -0.2) is 4.79 Å². The second kappa shape index (κ2) is 7.98. The van der Waals surface area contributed by atoms with Gasteiger partial charge in [0.05, 0.1) is 6.61 Å². The summed E-state index contributed by atoms with van der Waals surface area (Å²) in [5.74, 6) is -0.806. The average molecular weight is 312 g/mol. The minimum Gasteiger partial charge on any atom is -0.464 e. The van der Waals surface area contributed by atoms with Crippen LogP contribution in [0.2, 0.25) is 0 Å². The maximum atomic E-state index is 12.3. The maximum Gasteiger partial charge on any atom is 0.328 e. The first-order chi connectivity index (χ1) is 11.1. The van der Waals surface area contributed by atoms with E-state index in [1.807, 2.05) is 30.3 Å². The van der Waals surface area contributed by atoms with E-state index in [1.54, 1.807) is 31.2 Å². The number of nitrogens with two attached hydrogens (primary N) is 1. The first-order valence-corrected chi connectivity index (χ1v) is 7.47. The van der Waals surface area contributed by atoms with Crippen LogP contribution in [0.3, 0.4) is 0 Å². The van der Waals surface area contributed by atoms with Gasteiger partial charge < -0.3 is 15.8 Å². The maximum absolute atomic E-state index is 12.3. The molecular weight excluding hydrogens is 292 g/mol. The molecule has 2 aromatic carbocycles. The average Bonchev–Trinajstić information content (AvgIpc) is 2.55. The molecule has 0 unspecified atom stereocenters. The summed E-state index contributed by atoms with van der Waals surface area (Å²) in [6.45, 7) is 2.00. The van der Waals surface area contributed by atoms with Crippen molar-refractivity contribution in [3.8, 4) is 0 Å². The fraction of sp³-hybridized carbons (Fsp3) is 0.222. The van der Waals surface area contributed by atoms with E-state index < -0.39 is 12.0 Å². The summed E-state index contributed by atoms with van der Waals surface area (Å²) in [4.78, 5) is 24.5. The second-order valence-electron chi connectivity index (χ2n) is 5.09. The van der Waals surface area contributed by atoms with E-state index in [2.05, 4.69) is 5.32 Å². The number of nitrogens with one attached hydrogen (secondary N) is 1. The summed E-state index contributed by atoms with van der Waals surface area (Å²) in [6, 6.07) is 15.3. The minimum atomic E-state index is -0.744. The number of rotatable bonds is 6. The number of carbonyl (C=O) groups is 2. The molecule has 23 heavy (non-hydrogen) atoms. The molecule has 0 aliphatic heterocycles. The minimum absolute atomic E-state index is 0.262. The van der Waals surface area contributed by atoms with Crippen LogP contribution in [0.1, 0.15) is 22.8 Å². The first-order valence-electron chi connectivity index (χ1n) is 7.47. The Morgan fingerprint density at radius 2 is 1.87 bits per heavy atom. The smallest absolute Gasteiger partial charge is 0.328 e. The van der Waals surface area contributed by atoms with Gasteiger partial charge in [0, 0.05) is 17.7 Å². The van der Waals surface area contributed by atoms with Crippen LogP contribution in [-0.4, -0.2) is 24.5 Å². The summed E-state index contributed by atoms with van der Waals surface area (Å²) in [5, 5.41) is 2.72. The van der Waals surface area contributed by atoms with Crippen LogP contribution in [0.15, 0.2) is 54.6 Å². The number of anilines is 1. The number of ether oxygens (including phenoxy) is 1. The summed E-state index contributed by atoms with van der Waals surface area (Å²) < 4.78 is 5.06. The van der Waals surface area contributed by atoms with Crippen LogP contribution >= 0.6 is 0 Å². The van der Waals surface area contributed by atoms with Crippen LogP contribution in [0.4, 0.5) is 5.69 Å². The van der Waals surface area contributed by atoms with Gasteiger partial charge in [-0.15, -0.1) is 0 Å². The molecule has 0 radical (unpaired) electrons. The molecule has 3 N–H and O–H groups in total. The third kappa shape index (κ3) is 4.85. The van der Waals surface area contributed by atoms with Crippen molar-refractivity contribution in [2.24, 2.45) is 0 Å². The molecule has 5 heteroatoms. The van der Waals surface area contributed by atoms with Crippen molar-refractivity contribution >= 4 is 17.6 Å². The van der Waals surface area contributed by atoms with Gasteiger partial charge in [0.2, 0.25) is 0 Å². The van der Waals surface area contributed by atoms with Crippen molar-refractivity contribution in [1.29, 1.82) is 0 Å². The lowest BCUT2D eigenvalue weighted by atomic mass is 10.1. The van der Waals surface area contributed by atoms with Crippen molar-refractivity contribution in [3.63, 3.8) is 0 Å². The lowest BCUT2D eigenvalue weighted by Gasteiger charge is -2.17. The van der Waals surface area contributed by atoms with E-state index in [0.29, 0.717) is 17.7 Å². The molecule has 0 spiro atoms. The zero-order valence-electron chi connectivity index (χ0n) is 13.0. The number of amides is 1. The number of nitrogen functional groups attached to an aromatic ring is 1. The van der Waals surface area contributed by atoms with Crippen LogP contribution in [0.5, 0.6) is 0 Å². The van der Waals surface area contributed by atoms with Gasteiger partial charge in [0.15, 0.2) is 0 Å². The van der Waals surface area contributed by atoms with E-state index in [4.69, 9.17) is 10.5 Å². The molecule has 0 aliphatic carbocycles. The SMILES string of the molecule is CCOC(=O)[C@H](Cc1ccccc1)NC(=O)c1cccc(N)c1.